The van der Waals surface area contributed by atoms with Crippen molar-refractivity contribution in [3.05, 3.63) is 30.1 Å². The quantitative estimate of drug-likeness (QED) is 0.911. The Labute approximate surface area is 121 Å². The zero-order valence-electron chi connectivity index (χ0n) is 12.4. The van der Waals surface area contributed by atoms with Crippen molar-refractivity contribution >= 4 is 0 Å². The first-order valence-corrected chi connectivity index (χ1v) is 8.15. The smallest absolute Gasteiger partial charge is 0.0652 e. The lowest BCUT2D eigenvalue weighted by Gasteiger charge is -2.62. The van der Waals surface area contributed by atoms with Crippen LogP contribution in [0.3, 0.4) is 0 Å². The molecule has 3 atom stereocenters. The van der Waals surface area contributed by atoms with Crippen molar-refractivity contribution in [3.8, 4) is 0 Å². The Morgan fingerprint density at radius 2 is 2.00 bits per heavy atom. The maximum Gasteiger partial charge on any atom is 0.0652 e. The van der Waals surface area contributed by atoms with Crippen molar-refractivity contribution in [2.45, 2.75) is 58.0 Å². The number of hydrogen-bond donors (Lipinski definition) is 1. The lowest BCUT2D eigenvalue weighted by atomic mass is 9.43. The Hall–Kier alpha value is -0.890. The molecule has 0 aromatic carbocycles. The molecule has 4 saturated carbocycles. The van der Waals surface area contributed by atoms with E-state index in [2.05, 4.69) is 11.9 Å². The number of rotatable bonds is 3. The largest absolute Gasteiger partial charge is 0.392 e. The van der Waals surface area contributed by atoms with E-state index in [9.17, 15) is 5.11 Å². The third-order valence-corrected chi connectivity index (χ3v) is 6.23. The molecule has 0 spiro atoms. The summed E-state index contributed by atoms with van der Waals surface area (Å²) in [4.78, 5) is 4.40. The van der Waals surface area contributed by atoms with E-state index in [4.69, 9.17) is 0 Å². The summed E-state index contributed by atoms with van der Waals surface area (Å²) in [6, 6.07) is 6.02. The van der Waals surface area contributed by atoms with Gasteiger partial charge in [-0.25, -0.2) is 0 Å². The summed E-state index contributed by atoms with van der Waals surface area (Å²) in [5.74, 6) is 1.75. The molecule has 5 rings (SSSR count). The highest BCUT2D eigenvalue weighted by atomic mass is 16.3. The molecule has 0 saturated heterocycles. The average Bonchev–Trinajstić information content (AvgIpc) is 2.37. The van der Waals surface area contributed by atoms with Crippen molar-refractivity contribution in [1.29, 1.82) is 0 Å². The Morgan fingerprint density at radius 1 is 1.25 bits per heavy atom. The van der Waals surface area contributed by atoms with Gasteiger partial charge in [0, 0.05) is 18.3 Å². The average molecular weight is 271 g/mol. The molecule has 20 heavy (non-hydrogen) atoms. The van der Waals surface area contributed by atoms with Gasteiger partial charge in [0.2, 0.25) is 0 Å². The summed E-state index contributed by atoms with van der Waals surface area (Å²) in [5, 5.41) is 10.9. The van der Waals surface area contributed by atoms with E-state index >= 15 is 0 Å². The minimum Gasteiger partial charge on any atom is -0.392 e. The molecule has 2 heteroatoms. The van der Waals surface area contributed by atoms with Crippen molar-refractivity contribution in [1.82, 2.24) is 4.98 Å². The number of hydrogen-bond acceptors (Lipinski definition) is 2. The van der Waals surface area contributed by atoms with Crippen molar-refractivity contribution in [2.24, 2.45) is 22.7 Å². The van der Waals surface area contributed by atoms with Gasteiger partial charge in [-0.15, -0.1) is 0 Å². The van der Waals surface area contributed by atoms with E-state index in [-0.39, 0.29) is 11.5 Å². The second-order valence-electron chi connectivity index (χ2n) is 8.18. The van der Waals surface area contributed by atoms with Crippen LogP contribution in [0.4, 0.5) is 0 Å². The maximum atomic E-state index is 10.9. The first-order chi connectivity index (χ1) is 9.57. The highest BCUT2D eigenvalue weighted by molar-refractivity contribution is 5.12. The van der Waals surface area contributed by atoms with Gasteiger partial charge in [-0.2, -0.15) is 0 Å². The van der Waals surface area contributed by atoms with Crippen molar-refractivity contribution < 1.29 is 5.11 Å². The fraction of sp³-hybridized carbons (Fsp3) is 0.722. The zero-order valence-corrected chi connectivity index (χ0v) is 12.4. The monoisotopic (exact) mass is 271 g/mol. The number of aromatic nitrogens is 1. The van der Waals surface area contributed by atoms with Crippen molar-refractivity contribution in [3.63, 3.8) is 0 Å². The van der Waals surface area contributed by atoms with Gasteiger partial charge < -0.3 is 5.11 Å². The normalized spacial score (nSPS) is 43.7. The molecule has 1 aromatic rings. The fourth-order valence-corrected chi connectivity index (χ4v) is 6.12. The predicted molar refractivity (Wildman–Crippen MR) is 79.2 cm³/mol. The number of aliphatic hydroxyl groups excluding tert-OH is 1. The van der Waals surface area contributed by atoms with E-state index in [1.54, 1.807) is 0 Å². The summed E-state index contributed by atoms with van der Waals surface area (Å²) in [7, 11) is 0. The molecule has 4 aliphatic rings. The third kappa shape index (κ3) is 2.00. The Bertz CT molecular complexity index is 483. The van der Waals surface area contributed by atoms with Crippen LogP contribution in [0.1, 0.15) is 51.1 Å². The molecule has 0 radical (unpaired) electrons. The van der Waals surface area contributed by atoms with Gasteiger partial charge in [-0.05, 0) is 73.3 Å². The molecule has 1 aromatic heterocycles. The van der Waals surface area contributed by atoms with Crippen LogP contribution in [-0.4, -0.2) is 16.2 Å². The lowest BCUT2D eigenvalue weighted by molar-refractivity contribution is -0.152. The number of pyridine rings is 1. The lowest BCUT2D eigenvalue weighted by Crippen LogP contribution is -2.55. The summed E-state index contributed by atoms with van der Waals surface area (Å²) in [5.41, 5.74) is 1.74. The first-order valence-electron chi connectivity index (χ1n) is 8.15. The zero-order chi connectivity index (χ0) is 13.8. The second kappa shape index (κ2) is 4.30. The van der Waals surface area contributed by atoms with E-state index in [0.29, 0.717) is 5.41 Å². The van der Waals surface area contributed by atoms with Crippen LogP contribution in [0, 0.1) is 22.7 Å². The SMILES string of the molecule is CC12CC3CC(C1)CC(C(O)Cc1ccccn1)(C3)C2. The van der Waals surface area contributed by atoms with Crippen LogP contribution in [-0.2, 0) is 6.42 Å². The van der Waals surface area contributed by atoms with E-state index in [1.165, 1.54) is 38.5 Å². The number of aliphatic hydroxyl groups is 1. The first kappa shape index (κ1) is 12.8. The van der Waals surface area contributed by atoms with Crippen LogP contribution in [0.5, 0.6) is 0 Å². The summed E-state index contributed by atoms with van der Waals surface area (Å²) < 4.78 is 0. The Kier molecular flexibility index (Phi) is 2.76. The Balaban J connectivity index is 1.58. The van der Waals surface area contributed by atoms with Gasteiger partial charge in [0.05, 0.1) is 6.10 Å². The highest BCUT2D eigenvalue weighted by Crippen LogP contribution is 2.66. The Morgan fingerprint density at radius 3 is 2.60 bits per heavy atom. The fourth-order valence-electron chi connectivity index (χ4n) is 6.12. The topological polar surface area (TPSA) is 33.1 Å². The van der Waals surface area contributed by atoms with E-state index < -0.39 is 0 Å². The van der Waals surface area contributed by atoms with Crippen LogP contribution >= 0.6 is 0 Å². The summed E-state index contributed by atoms with van der Waals surface area (Å²) in [6.45, 7) is 2.46. The van der Waals surface area contributed by atoms with E-state index in [0.717, 1.165) is 24.0 Å². The maximum absolute atomic E-state index is 10.9. The molecule has 2 nitrogen and oxygen atoms in total. The van der Waals surface area contributed by atoms with Gasteiger partial charge in [0.25, 0.3) is 0 Å². The summed E-state index contributed by atoms with van der Waals surface area (Å²) >= 11 is 0. The van der Waals surface area contributed by atoms with Gasteiger partial charge in [0.15, 0.2) is 0 Å². The van der Waals surface area contributed by atoms with Gasteiger partial charge in [0.1, 0.15) is 0 Å². The van der Waals surface area contributed by atoms with Crippen LogP contribution in [0.25, 0.3) is 0 Å². The van der Waals surface area contributed by atoms with Gasteiger partial charge in [-0.3, -0.25) is 4.98 Å². The van der Waals surface area contributed by atoms with Crippen LogP contribution in [0.2, 0.25) is 0 Å². The minimum absolute atomic E-state index is 0.191. The van der Waals surface area contributed by atoms with Gasteiger partial charge in [-0.1, -0.05) is 13.0 Å². The van der Waals surface area contributed by atoms with Crippen LogP contribution in [0.15, 0.2) is 24.4 Å². The molecule has 108 valence electrons. The van der Waals surface area contributed by atoms with Crippen LogP contribution < -0.4 is 0 Å². The minimum atomic E-state index is -0.206. The molecule has 1 N–H and O–H groups in total. The molecule has 3 unspecified atom stereocenters. The molecular formula is C18H25NO. The molecule has 0 aliphatic heterocycles. The van der Waals surface area contributed by atoms with Crippen molar-refractivity contribution in [2.75, 3.05) is 0 Å². The molecule has 4 bridgehead atoms. The third-order valence-electron chi connectivity index (χ3n) is 6.23. The molecule has 4 aliphatic carbocycles. The molecular weight excluding hydrogens is 246 g/mol. The summed E-state index contributed by atoms with van der Waals surface area (Å²) in [6.07, 6.45) is 10.3. The van der Waals surface area contributed by atoms with Gasteiger partial charge >= 0.3 is 0 Å². The standard InChI is InChI=1S/C18H25NO/c1-17-8-13-6-14(9-17)11-18(10-13,12-17)16(20)7-15-4-2-3-5-19-15/h2-5,13-14,16,20H,6-12H2,1H3. The van der Waals surface area contributed by atoms with E-state index in [1.807, 2.05) is 24.4 Å². The second-order valence-corrected chi connectivity index (χ2v) is 8.18. The molecule has 1 heterocycles. The highest BCUT2D eigenvalue weighted by Gasteiger charge is 2.58. The number of nitrogens with zero attached hydrogens (tertiary/aromatic N) is 1. The molecule has 4 fully saturated rings. The molecule has 0 amide bonds. The predicted octanol–water partition coefficient (Wildman–Crippen LogP) is 3.59.